The Kier molecular flexibility index (Phi) is 17.8. The zero-order valence-electron chi connectivity index (χ0n) is 43.6. The molecule has 0 spiro atoms. The molecule has 6 aromatic carbocycles. The summed E-state index contributed by atoms with van der Waals surface area (Å²) in [6, 6.07) is 46.2. The van der Waals surface area contributed by atoms with E-state index in [9.17, 15) is 19.5 Å². The third kappa shape index (κ3) is 14.3. The molecule has 0 atom stereocenters. The first-order valence-corrected chi connectivity index (χ1v) is 26.3. The van der Waals surface area contributed by atoms with E-state index >= 15 is 0 Å². The largest absolute Gasteiger partial charge is 0.478 e. The van der Waals surface area contributed by atoms with Crippen molar-refractivity contribution >= 4 is 74.2 Å². The van der Waals surface area contributed by atoms with Crippen molar-refractivity contribution in [2.75, 3.05) is 44.7 Å². The minimum Gasteiger partial charge on any atom is -0.478 e. The molecule has 1 saturated heterocycles. The normalized spacial score (nSPS) is 14.2. The maximum Gasteiger partial charge on any atom is 0.337 e. The summed E-state index contributed by atoms with van der Waals surface area (Å²) in [7, 11) is 4.74. The number of rotatable bonds is 10. The van der Waals surface area contributed by atoms with Crippen molar-refractivity contribution in [1.29, 1.82) is 0 Å². The van der Waals surface area contributed by atoms with Crippen LogP contribution in [-0.4, -0.2) is 106 Å². The zero-order valence-corrected chi connectivity index (χ0v) is 44.4. The fourth-order valence-electron chi connectivity index (χ4n) is 8.13. The zero-order chi connectivity index (χ0) is 54.5. The summed E-state index contributed by atoms with van der Waals surface area (Å²) in [5.74, 6) is -0.176. The number of hydrogen-bond acceptors (Lipinski definition) is 15. The van der Waals surface area contributed by atoms with Crippen LogP contribution in [-0.2, 0) is 14.2 Å². The number of esters is 2. The van der Waals surface area contributed by atoms with Crippen LogP contribution in [0.3, 0.4) is 0 Å². The Hall–Kier alpha value is -8.44. The molecule has 3 aliphatic carbocycles. The van der Waals surface area contributed by atoms with Gasteiger partial charge in [-0.2, -0.15) is 0 Å². The van der Waals surface area contributed by atoms with Gasteiger partial charge in [0, 0.05) is 55.1 Å². The predicted octanol–water partition coefficient (Wildman–Crippen LogP) is 11.9. The third-order valence-corrected chi connectivity index (χ3v) is 13.2. The van der Waals surface area contributed by atoms with Gasteiger partial charge < -0.3 is 35.3 Å². The topological polar surface area (TPSA) is 218 Å². The number of carboxylic acids is 1. The lowest BCUT2D eigenvalue weighted by Crippen LogP contribution is -2.22. The van der Waals surface area contributed by atoms with Crippen molar-refractivity contribution in [3.63, 3.8) is 0 Å². The van der Waals surface area contributed by atoms with E-state index in [1.54, 1.807) is 48.5 Å². The Morgan fingerprint density at radius 1 is 0.564 bits per heavy atom. The molecule has 4 N–H and O–H groups in total. The minimum absolute atomic E-state index is 0.226. The highest BCUT2D eigenvalue weighted by atomic mass is 35.5. The number of ether oxygens (including phenoxy) is 3. The summed E-state index contributed by atoms with van der Waals surface area (Å²) in [5, 5.41) is 12.9. The number of aromatic nitrogens is 6. The summed E-state index contributed by atoms with van der Waals surface area (Å²) < 4.78 is 14.4. The number of anilines is 2. The number of aromatic carboxylic acids is 1. The lowest BCUT2D eigenvalue weighted by Gasteiger charge is -2.21. The van der Waals surface area contributed by atoms with Crippen LogP contribution in [0.15, 0.2) is 146 Å². The highest BCUT2D eigenvalue weighted by Crippen LogP contribution is 2.36. The van der Waals surface area contributed by atoms with Crippen molar-refractivity contribution < 1.29 is 33.7 Å². The van der Waals surface area contributed by atoms with E-state index in [0.717, 1.165) is 84.1 Å². The molecule has 3 saturated carbocycles. The molecule has 0 bridgehead atoms. The lowest BCUT2D eigenvalue weighted by molar-refractivity contribution is 0.0592. The number of nitrogens with two attached hydrogens (primary N) is 1. The van der Waals surface area contributed by atoms with Crippen LogP contribution in [0.25, 0.3) is 66.9 Å². The number of nitrogens with zero attached hydrogens (tertiary/aromatic N) is 7. The van der Waals surface area contributed by atoms with Crippen molar-refractivity contribution in [3.05, 3.63) is 167 Å². The Morgan fingerprint density at radius 2 is 1.00 bits per heavy atom. The van der Waals surface area contributed by atoms with Crippen molar-refractivity contribution in [3.8, 4) is 33.8 Å². The van der Waals surface area contributed by atoms with Crippen LogP contribution in [0.4, 0.5) is 11.6 Å². The first-order chi connectivity index (χ1) is 38.0. The molecule has 1 aliphatic heterocycles. The number of carbonyl (C=O) groups is 3. The smallest absolute Gasteiger partial charge is 0.337 e. The summed E-state index contributed by atoms with van der Waals surface area (Å²) in [6.45, 7) is 2.00. The second-order valence-electron chi connectivity index (χ2n) is 19.1. The van der Waals surface area contributed by atoms with Gasteiger partial charge in [-0.1, -0.05) is 103 Å². The van der Waals surface area contributed by atoms with Gasteiger partial charge in [0.05, 0.1) is 64.0 Å². The summed E-state index contributed by atoms with van der Waals surface area (Å²) in [6.07, 6.45) is 9.69. The van der Waals surface area contributed by atoms with Crippen LogP contribution in [0.1, 0.15) is 82.4 Å². The van der Waals surface area contributed by atoms with E-state index in [1.807, 2.05) is 104 Å². The number of halogens is 1. The SMILES string of the molecule is C1CCOC1.CN(c1nc2cc(C(=O)O)ccc2nc1-c1ccccc1)C1CC1.COC(=O)c1ccc2nc(-c3ccccc3)c(Cl)nc2c1.COC(=O)c1ccc2nc(-c3ccccc3)c(NC3CC3)nc2c1.NC1CC1. The van der Waals surface area contributed by atoms with Crippen LogP contribution in [0.2, 0.25) is 5.15 Å². The van der Waals surface area contributed by atoms with Crippen molar-refractivity contribution in [1.82, 2.24) is 29.9 Å². The van der Waals surface area contributed by atoms with E-state index in [0.29, 0.717) is 67.7 Å². The Balaban J connectivity index is 0.000000131. The fourth-order valence-corrected chi connectivity index (χ4v) is 8.37. The van der Waals surface area contributed by atoms with Gasteiger partial charge in [0.15, 0.2) is 16.8 Å². The molecule has 4 heterocycles. The summed E-state index contributed by atoms with van der Waals surface area (Å²) >= 11 is 6.21. The quantitative estimate of drug-likeness (QED) is 0.108. The number of nitrogens with one attached hydrogen (secondary N) is 1. The summed E-state index contributed by atoms with van der Waals surface area (Å²) in [5.41, 5.74) is 15.5. The summed E-state index contributed by atoms with van der Waals surface area (Å²) in [4.78, 5) is 64.5. The number of carboxylic acid groups (broad SMARTS) is 1. The highest BCUT2D eigenvalue weighted by Gasteiger charge is 2.30. The second kappa shape index (κ2) is 25.6. The maximum absolute atomic E-state index is 11.7. The molecular weight excluding hydrogens is 1010 g/mol. The van der Waals surface area contributed by atoms with Crippen LogP contribution >= 0.6 is 11.6 Å². The molecule has 0 amide bonds. The Bertz CT molecular complexity index is 3540. The van der Waals surface area contributed by atoms with Gasteiger partial charge in [-0.3, -0.25) is 0 Å². The van der Waals surface area contributed by atoms with Crippen molar-refractivity contribution in [2.24, 2.45) is 5.73 Å². The van der Waals surface area contributed by atoms with Crippen LogP contribution in [0, 0.1) is 0 Å². The molecule has 398 valence electrons. The molecule has 78 heavy (non-hydrogen) atoms. The molecule has 13 rings (SSSR count). The molecule has 3 aromatic heterocycles. The number of benzene rings is 6. The van der Waals surface area contributed by atoms with E-state index < -0.39 is 11.9 Å². The molecule has 16 nitrogen and oxygen atoms in total. The molecule has 0 unspecified atom stereocenters. The van der Waals surface area contributed by atoms with E-state index in [4.69, 9.17) is 46.7 Å². The lowest BCUT2D eigenvalue weighted by atomic mass is 10.1. The van der Waals surface area contributed by atoms with Crippen LogP contribution < -0.4 is 16.0 Å². The number of hydrogen-bond donors (Lipinski definition) is 3. The molecule has 4 aliphatic rings. The van der Waals surface area contributed by atoms with Crippen molar-refractivity contribution in [2.45, 2.75) is 69.5 Å². The van der Waals surface area contributed by atoms with Gasteiger partial charge in [-0.15, -0.1) is 0 Å². The molecule has 9 aromatic rings. The Morgan fingerprint density at radius 3 is 1.45 bits per heavy atom. The standard InChI is InChI=1S/2C19H17N3O2.C16H11ClN2O2.C4H8O.C3H7N/c1-22(14-8-9-14)18-17(12-5-3-2-4-6-12)20-15-10-7-13(19(23)24)11-16(15)21-18;1-24-19(23)13-7-10-15-16(11-13)22-18(20-14-8-9-14)17(21-15)12-5-3-2-4-6-12;1-21-16(20)11-7-8-12-13(9-11)19-15(17)14(18-12)10-5-3-2-4-6-10;1-2-4-5-3-1;4-3-1-2-3/h2-7,10-11,14H,8-9H2,1H3,(H,23,24);2-7,10-11,14H,8-9H2,1H3,(H,20,22);2-9H,1H3;1-4H2;3H,1-2,4H2. The molecule has 0 radical (unpaired) electrons. The average molecular weight is 1070 g/mol. The molecular formula is C61H60ClN9O7. The van der Waals surface area contributed by atoms with Gasteiger partial charge in [-0.05, 0) is 106 Å². The average Bonchev–Trinajstić information content (AvgIpc) is 4.49. The number of methoxy groups -OCH3 is 2. The number of carbonyl (C=O) groups excluding carboxylic acids is 2. The predicted molar refractivity (Wildman–Crippen MR) is 305 cm³/mol. The first-order valence-electron chi connectivity index (χ1n) is 26.0. The van der Waals surface area contributed by atoms with Gasteiger partial charge in [-0.25, -0.2) is 44.3 Å². The van der Waals surface area contributed by atoms with E-state index in [1.165, 1.54) is 39.9 Å². The second-order valence-corrected chi connectivity index (χ2v) is 19.5. The van der Waals surface area contributed by atoms with Gasteiger partial charge in [0.2, 0.25) is 0 Å². The minimum atomic E-state index is -0.956. The highest BCUT2D eigenvalue weighted by molar-refractivity contribution is 6.32. The molecule has 4 fully saturated rings. The Labute approximate surface area is 457 Å². The van der Waals surface area contributed by atoms with Crippen LogP contribution in [0.5, 0.6) is 0 Å². The van der Waals surface area contributed by atoms with E-state index in [2.05, 4.69) is 24.9 Å². The fraction of sp³-hybridized carbons (Fsp3) is 0.262. The first kappa shape index (κ1) is 54.4. The maximum atomic E-state index is 11.7. The van der Waals surface area contributed by atoms with Gasteiger partial charge in [0.25, 0.3) is 0 Å². The van der Waals surface area contributed by atoms with E-state index in [-0.39, 0.29) is 11.5 Å². The molecule has 17 heteroatoms. The monoisotopic (exact) mass is 1070 g/mol. The third-order valence-electron chi connectivity index (χ3n) is 13.0. The van der Waals surface area contributed by atoms with Gasteiger partial charge >= 0.3 is 17.9 Å². The van der Waals surface area contributed by atoms with Gasteiger partial charge in [0.1, 0.15) is 17.1 Å². The number of fused-ring (bicyclic) bond motifs is 3.